The predicted octanol–water partition coefficient (Wildman–Crippen LogP) is 3.92. The van der Waals surface area contributed by atoms with E-state index in [2.05, 4.69) is 15.6 Å². The monoisotopic (exact) mass is 460 g/mol. The van der Waals surface area contributed by atoms with Crippen molar-refractivity contribution in [2.45, 2.75) is 79.2 Å². The molecule has 1 saturated carbocycles. The molecule has 1 aliphatic carbocycles. The Morgan fingerprint density at radius 2 is 1.73 bits per heavy atom. The summed E-state index contributed by atoms with van der Waals surface area (Å²) in [5.41, 5.74) is 1.23. The number of rotatable bonds is 9. The van der Waals surface area contributed by atoms with Crippen LogP contribution in [0.2, 0.25) is 0 Å². The Bertz CT molecular complexity index is 785. The second-order valence-corrected chi connectivity index (χ2v) is 10.6. The minimum Gasteiger partial charge on any atom is -0.344 e. The zero-order valence-electron chi connectivity index (χ0n) is 20.6. The highest BCUT2D eigenvalue weighted by Gasteiger charge is 2.42. The maximum Gasteiger partial charge on any atom is 0.248 e. The summed E-state index contributed by atoms with van der Waals surface area (Å²) in [6.07, 6.45) is 6.90. The second kappa shape index (κ2) is 12.1. The number of carbonyl (C=O) groups is 3. The van der Waals surface area contributed by atoms with Crippen LogP contribution in [0.15, 0.2) is 24.4 Å². The lowest BCUT2D eigenvalue weighted by Gasteiger charge is -2.37. The van der Waals surface area contributed by atoms with Crippen LogP contribution in [0.1, 0.15) is 73.1 Å². The summed E-state index contributed by atoms with van der Waals surface area (Å²) in [5.74, 6) is -1.91. The zero-order chi connectivity index (χ0) is 24.6. The highest BCUT2D eigenvalue weighted by Crippen LogP contribution is 2.37. The van der Waals surface area contributed by atoms with Crippen molar-refractivity contribution in [2.24, 2.45) is 29.1 Å². The summed E-state index contributed by atoms with van der Waals surface area (Å²) >= 11 is 0. The fourth-order valence-corrected chi connectivity index (χ4v) is 4.78. The number of amides is 3. The van der Waals surface area contributed by atoms with Gasteiger partial charge in [0.2, 0.25) is 17.7 Å². The summed E-state index contributed by atoms with van der Waals surface area (Å²) in [6.45, 7) is 9.65. The van der Waals surface area contributed by atoms with Gasteiger partial charge in [-0.2, -0.15) is 0 Å². The first kappa shape index (κ1) is 26.8. The van der Waals surface area contributed by atoms with Gasteiger partial charge < -0.3 is 10.6 Å². The Balaban J connectivity index is 2.30. The number of nitrogens with one attached hydrogen (secondary N) is 3. The fourth-order valence-electron chi connectivity index (χ4n) is 4.78. The number of pyridine rings is 1. The van der Waals surface area contributed by atoms with Crippen molar-refractivity contribution in [1.29, 1.82) is 0 Å². The Hall–Kier alpha value is -2.48. The van der Waals surface area contributed by atoms with Crippen molar-refractivity contribution >= 4 is 23.5 Å². The van der Waals surface area contributed by atoms with E-state index in [0.29, 0.717) is 12.2 Å². The van der Waals surface area contributed by atoms with Crippen molar-refractivity contribution in [3.63, 3.8) is 0 Å². The van der Waals surface area contributed by atoms with Crippen LogP contribution in [0, 0.1) is 29.1 Å². The summed E-state index contributed by atoms with van der Waals surface area (Å²) in [5, 5.41) is 15.2. The molecule has 0 saturated heterocycles. The molecule has 0 bridgehead atoms. The molecule has 4 N–H and O–H groups in total. The van der Waals surface area contributed by atoms with Crippen molar-refractivity contribution in [1.82, 2.24) is 15.8 Å². The van der Waals surface area contributed by atoms with E-state index >= 15 is 0 Å². The van der Waals surface area contributed by atoms with E-state index in [0.717, 1.165) is 32.1 Å². The largest absolute Gasteiger partial charge is 0.344 e. The van der Waals surface area contributed by atoms with Crippen LogP contribution in [0.3, 0.4) is 0 Å². The molecule has 0 aromatic carbocycles. The van der Waals surface area contributed by atoms with Crippen LogP contribution in [-0.2, 0) is 14.4 Å². The highest BCUT2D eigenvalue weighted by atomic mass is 16.5. The third-order valence-electron chi connectivity index (χ3n) is 6.40. The Kier molecular flexibility index (Phi) is 9.83. The number of carbonyl (C=O) groups excluding carboxylic acids is 3. The predicted molar refractivity (Wildman–Crippen MR) is 127 cm³/mol. The minimum atomic E-state index is -0.828. The first-order valence-corrected chi connectivity index (χ1v) is 12.0. The van der Waals surface area contributed by atoms with Crippen LogP contribution in [-0.4, -0.2) is 34.0 Å². The van der Waals surface area contributed by atoms with Crippen molar-refractivity contribution in [3.8, 4) is 0 Å². The van der Waals surface area contributed by atoms with Gasteiger partial charge in [-0.25, -0.2) is 10.5 Å². The van der Waals surface area contributed by atoms with Gasteiger partial charge in [0.1, 0.15) is 11.9 Å². The molecule has 3 unspecified atom stereocenters. The van der Waals surface area contributed by atoms with Crippen LogP contribution in [0.25, 0.3) is 0 Å². The van der Waals surface area contributed by atoms with Gasteiger partial charge in [0.25, 0.3) is 0 Å². The number of aromatic nitrogens is 1. The molecule has 1 aromatic rings. The van der Waals surface area contributed by atoms with Crippen molar-refractivity contribution < 1.29 is 19.6 Å². The number of nitrogens with zero attached hydrogens (tertiary/aromatic N) is 1. The van der Waals surface area contributed by atoms with Gasteiger partial charge in [-0.1, -0.05) is 59.9 Å². The molecule has 184 valence electrons. The van der Waals surface area contributed by atoms with E-state index in [4.69, 9.17) is 0 Å². The second-order valence-electron chi connectivity index (χ2n) is 10.6. The molecule has 3 atom stereocenters. The number of hydrogen-bond donors (Lipinski definition) is 4. The Morgan fingerprint density at radius 1 is 1.06 bits per heavy atom. The summed E-state index contributed by atoms with van der Waals surface area (Å²) in [6, 6.07) is 4.39. The molecule has 0 radical (unpaired) electrons. The minimum absolute atomic E-state index is 0.0239. The van der Waals surface area contributed by atoms with E-state index in [1.54, 1.807) is 29.9 Å². The summed E-state index contributed by atoms with van der Waals surface area (Å²) in [7, 11) is 0. The van der Waals surface area contributed by atoms with Gasteiger partial charge >= 0.3 is 0 Å². The normalized spacial score (nSPS) is 17.7. The fraction of sp³-hybridized carbons (Fsp3) is 0.680. The molecular formula is C25H40N4O4. The van der Waals surface area contributed by atoms with E-state index in [-0.39, 0.29) is 23.7 Å². The lowest BCUT2D eigenvalue weighted by molar-refractivity contribution is -0.144. The molecule has 8 nitrogen and oxygen atoms in total. The van der Waals surface area contributed by atoms with Crippen molar-refractivity contribution in [2.75, 3.05) is 5.32 Å². The number of hydroxylamine groups is 1. The lowest BCUT2D eigenvalue weighted by atomic mass is 9.71. The maximum absolute atomic E-state index is 13.6. The topological polar surface area (TPSA) is 120 Å². The average Bonchev–Trinajstić information content (AvgIpc) is 2.77. The molecule has 33 heavy (non-hydrogen) atoms. The highest BCUT2D eigenvalue weighted by molar-refractivity contribution is 5.98. The van der Waals surface area contributed by atoms with Gasteiger partial charge in [0.05, 0.1) is 11.8 Å². The van der Waals surface area contributed by atoms with Crippen molar-refractivity contribution in [3.05, 3.63) is 24.4 Å². The van der Waals surface area contributed by atoms with E-state index < -0.39 is 29.2 Å². The smallest absolute Gasteiger partial charge is 0.248 e. The van der Waals surface area contributed by atoms with Gasteiger partial charge in [0, 0.05) is 6.20 Å². The standard InChI is InChI=1S/C25H40N4O4/c1-16(2)15-18(20(23(31)29-33)17-11-7-6-8-12-17)22(30)28-21(25(3,4)5)24(32)27-19-13-9-10-14-26-19/h9-10,13-14,16-18,20-21,33H,6-8,11-12,15H2,1-5H3,(H,28,30)(H,29,31)(H,26,27,32). The van der Waals surface area contributed by atoms with Crippen LogP contribution in [0.5, 0.6) is 0 Å². The number of anilines is 1. The van der Waals surface area contributed by atoms with Crippen LogP contribution < -0.4 is 16.1 Å². The first-order valence-electron chi connectivity index (χ1n) is 12.0. The van der Waals surface area contributed by atoms with Gasteiger partial charge in [-0.15, -0.1) is 0 Å². The van der Waals surface area contributed by atoms with Crippen LogP contribution in [0.4, 0.5) is 5.82 Å². The molecule has 1 aliphatic rings. The molecule has 3 amide bonds. The van der Waals surface area contributed by atoms with Gasteiger partial charge in [-0.3, -0.25) is 19.6 Å². The van der Waals surface area contributed by atoms with Gasteiger partial charge in [0.15, 0.2) is 0 Å². The Morgan fingerprint density at radius 3 is 2.24 bits per heavy atom. The molecule has 8 heteroatoms. The third-order valence-corrected chi connectivity index (χ3v) is 6.40. The van der Waals surface area contributed by atoms with E-state index in [1.807, 2.05) is 34.6 Å². The molecule has 1 heterocycles. The third kappa shape index (κ3) is 7.81. The molecular weight excluding hydrogens is 420 g/mol. The summed E-state index contributed by atoms with van der Waals surface area (Å²) in [4.78, 5) is 43.6. The molecule has 1 aromatic heterocycles. The molecule has 1 fully saturated rings. The quantitative estimate of drug-likeness (QED) is 0.329. The molecule has 0 spiro atoms. The van der Waals surface area contributed by atoms with Crippen LogP contribution >= 0.6 is 0 Å². The van der Waals surface area contributed by atoms with Gasteiger partial charge in [-0.05, 0) is 48.6 Å². The SMILES string of the molecule is CC(C)CC(C(=O)NC(C(=O)Nc1ccccn1)C(C)(C)C)C(C(=O)NO)C1CCCCC1. The lowest BCUT2D eigenvalue weighted by Crippen LogP contribution is -2.55. The number of hydrogen-bond acceptors (Lipinski definition) is 5. The molecule has 2 rings (SSSR count). The molecule has 0 aliphatic heterocycles. The average molecular weight is 461 g/mol. The van der Waals surface area contributed by atoms with E-state index in [1.165, 1.54) is 0 Å². The maximum atomic E-state index is 13.6. The first-order chi connectivity index (χ1) is 15.5. The zero-order valence-corrected chi connectivity index (χ0v) is 20.6. The summed E-state index contributed by atoms with van der Waals surface area (Å²) < 4.78 is 0. The Labute approximate surface area is 197 Å². The van der Waals surface area contributed by atoms with E-state index in [9.17, 15) is 19.6 Å².